The fourth-order valence-corrected chi connectivity index (χ4v) is 13.5. The number of furan rings is 1. The first-order valence-electron chi connectivity index (χ1n) is 26.5. The first kappa shape index (κ1) is 43.2. The van der Waals surface area contributed by atoms with Gasteiger partial charge in [-0.25, -0.2) is 4.85 Å². The lowest BCUT2D eigenvalue weighted by Crippen LogP contribution is -2.14. The SMILES string of the molecule is [C-]#[N+]c1c(-n2c3ccccc3c3ccccc32)c(C#N)c(-n2c3ccccc3c3ccccc32)c(-n2c3cccc(-c4cccc5ccccc45)c3c3ccc4oc5ccccc5c4c32)c1-n1c2ccccc2c2ccccc21. The predicted octanol–water partition coefficient (Wildman–Crippen LogP) is 19.2. The van der Waals surface area contributed by atoms with Crippen molar-refractivity contribution in [1.29, 1.82) is 5.26 Å². The minimum Gasteiger partial charge on any atom is -0.456 e. The molecular weight excluding hydrogens is 965 g/mol. The van der Waals surface area contributed by atoms with Crippen molar-refractivity contribution in [2.24, 2.45) is 0 Å². The van der Waals surface area contributed by atoms with E-state index >= 15 is 0 Å². The molecule has 0 unspecified atom stereocenters. The zero-order valence-corrected chi connectivity index (χ0v) is 42.2. The van der Waals surface area contributed by atoms with E-state index in [4.69, 9.17) is 9.26 Å². The monoisotopic (exact) mass is 1000 g/mol. The molecule has 79 heavy (non-hydrogen) atoms. The van der Waals surface area contributed by atoms with E-state index < -0.39 is 0 Å². The minimum atomic E-state index is 0.332. The summed E-state index contributed by atoms with van der Waals surface area (Å²) in [7, 11) is 0. The average molecular weight is 1010 g/mol. The molecule has 0 spiro atoms. The molecule has 0 saturated heterocycles. The van der Waals surface area contributed by atoms with E-state index in [1.165, 1.54) is 0 Å². The largest absolute Gasteiger partial charge is 0.456 e. The molecule has 0 aliphatic carbocycles. The van der Waals surface area contributed by atoms with Crippen LogP contribution in [0.2, 0.25) is 0 Å². The minimum absolute atomic E-state index is 0.332. The number of hydrogen-bond acceptors (Lipinski definition) is 2. The van der Waals surface area contributed by atoms with Gasteiger partial charge in [0.1, 0.15) is 17.2 Å². The molecule has 12 aromatic carbocycles. The van der Waals surface area contributed by atoms with E-state index in [-0.39, 0.29) is 0 Å². The Morgan fingerprint density at radius 2 is 0.759 bits per heavy atom. The number of fused-ring (bicyclic) bond motifs is 17. The highest BCUT2D eigenvalue weighted by atomic mass is 16.3. The maximum atomic E-state index is 12.7. The Labute approximate surface area is 450 Å². The molecule has 0 amide bonds. The molecule has 0 saturated carbocycles. The van der Waals surface area contributed by atoms with Crippen LogP contribution in [0.5, 0.6) is 0 Å². The quantitative estimate of drug-likeness (QED) is 0.161. The summed E-state index contributed by atoms with van der Waals surface area (Å²) < 4.78 is 16.1. The Morgan fingerprint density at radius 1 is 0.329 bits per heavy atom. The van der Waals surface area contributed by atoms with Crippen LogP contribution in [-0.4, -0.2) is 18.3 Å². The van der Waals surface area contributed by atoms with Crippen molar-refractivity contribution in [3.63, 3.8) is 0 Å². The molecule has 0 bridgehead atoms. The second kappa shape index (κ2) is 16.2. The number of hydrogen-bond donors (Lipinski definition) is 0. The first-order valence-corrected chi connectivity index (χ1v) is 26.5. The van der Waals surface area contributed by atoms with Gasteiger partial charge in [0.05, 0.1) is 84.4 Å². The summed E-state index contributed by atoms with van der Waals surface area (Å²) >= 11 is 0. The maximum Gasteiger partial charge on any atom is 0.237 e. The Kier molecular flexibility index (Phi) is 8.85. The van der Waals surface area contributed by atoms with Gasteiger partial charge in [-0.05, 0) is 82.6 Å². The number of nitrogens with zero attached hydrogens (tertiary/aromatic N) is 6. The fourth-order valence-electron chi connectivity index (χ4n) is 13.5. The highest BCUT2D eigenvalue weighted by Crippen LogP contribution is 2.54. The molecular formula is C72H40N6O. The van der Waals surface area contributed by atoms with Crippen LogP contribution in [0, 0.1) is 17.9 Å². The lowest BCUT2D eigenvalue weighted by molar-refractivity contribution is 0.669. The lowest BCUT2D eigenvalue weighted by Gasteiger charge is -2.27. The summed E-state index contributed by atoms with van der Waals surface area (Å²) in [6, 6.07) is 88.0. The van der Waals surface area contributed by atoms with Gasteiger partial charge in [0.15, 0.2) is 0 Å². The highest BCUT2D eigenvalue weighted by Gasteiger charge is 2.35. The summed E-state index contributed by atoms with van der Waals surface area (Å²) in [5.74, 6) is 0. The van der Waals surface area contributed by atoms with Crippen LogP contribution in [0.4, 0.5) is 5.69 Å². The van der Waals surface area contributed by atoms with Crippen molar-refractivity contribution < 1.29 is 4.42 Å². The first-order chi connectivity index (χ1) is 39.2. The third kappa shape index (κ3) is 5.72. The fraction of sp³-hybridized carbons (Fsp3) is 0. The van der Waals surface area contributed by atoms with E-state index in [0.717, 1.165) is 131 Å². The third-order valence-electron chi connectivity index (χ3n) is 16.6. The maximum absolute atomic E-state index is 12.7. The summed E-state index contributed by atoms with van der Waals surface area (Å²) in [4.78, 5) is 4.81. The van der Waals surface area contributed by atoms with Gasteiger partial charge in [0, 0.05) is 48.5 Å². The number of rotatable bonds is 5. The summed E-state index contributed by atoms with van der Waals surface area (Å²) in [6.07, 6.45) is 0. The second-order valence-electron chi connectivity index (χ2n) is 20.4. The number of para-hydroxylation sites is 7. The Bertz CT molecular complexity index is 5290. The Morgan fingerprint density at radius 3 is 1.30 bits per heavy atom. The van der Waals surface area contributed by atoms with E-state index in [1.54, 1.807) is 0 Å². The molecule has 0 fully saturated rings. The summed E-state index contributed by atoms with van der Waals surface area (Å²) in [5.41, 5.74) is 14.1. The summed E-state index contributed by atoms with van der Waals surface area (Å²) in [6.45, 7) is 9.89. The number of nitriles is 1. The van der Waals surface area contributed by atoms with Gasteiger partial charge in [-0.2, -0.15) is 5.26 Å². The van der Waals surface area contributed by atoms with Crippen LogP contribution in [0.15, 0.2) is 247 Å². The molecule has 0 aliphatic heterocycles. The van der Waals surface area contributed by atoms with Crippen molar-refractivity contribution >= 4 is 126 Å². The normalized spacial score (nSPS) is 12.0. The summed E-state index contributed by atoms with van der Waals surface area (Å²) in [5, 5.41) is 25.1. The molecule has 7 heteroatoms. The molecule has 0 radical (unpaired) electrons. The van der Waals surface area contributed by atoms with Gasteiger partial charge in [0.2, 0.25) is 5.69 Å². The molecule has 0 atom stereocenters. The number of benzene rings is 12. The van der Waals surface area contributed by atoms with Crippen LogP contribution in [0.1, 0.15) is 5.56 Å². The molecule has 0 N–H and O–H groups in total. The van der Waals surface area contributed by atoms with E-state index in [1.807, 2.05) is 24.3 Å². The zero-order valence-electron chi connectivity index (χ0n) is 42.2. The predicted molar refractivity (Wildman–Crippen MR) is 325 cm³/mol. The molecule has 7 nitrogen and oxygen atoms in total. The molecule has 0 aliphatic rings. The zero-order chi connectivity index (χ0) is 52.0. The van der Waals surface area contributed by atoms with Crippen molar-refractivity contribution in [3.05, 3.63) is 260 Å². The van der Waals surface area contributed by atoms with Crippen LogP contribution >= 0.6 is 0 Å². The molecule has 17 aromatic rings. The molecule has 364 valence electrons. The molecule has 5 heterocycles. The van der Waals surface area contributed by atoms with Gasteiger partial charge in [-0.3, -0.25) is 0 Å². The van der Waals surface area contributed by atoms with Gasteiger partial charge in [0.25, 0.3) is 0 Å². The van der Waals surface area contributed by atoms with E-state index in [2.05, 4.69) is 243 Å². The van der Waals surface area contributed by atoms with Gasteiger partial charge in [-0.15, -0.1) is 0 Å². The number of aromatic nitrogens is 4. The van der Waals surface area contributed by atoms with Gasteiger partial charge < -0.3 is 22.7 Å². The Hall–Kier alpha value is -11.1. The van der Waals surface area contributed by atoms with Crippen LogP contribution < -0.4 is 0 Å². The lowest BCUT2D eigenvalue weighted by atomic mass is 9.94. The van der Waals surface area contributed by atoms with Crippen LogP contribution in [0.25, 0.3) is 159 Å². The van der Waals surface area contributed by atoms with E-state index in [9.17, 15) is 11.8 Å². The van der Waals surface area contributed by atoms with Crippen molar-refractivity contribution in [2.45, 2.75) is 0 Å². The highest BCUT2D eigenvalue weighted by molar-refractivity contribution is 6.28. The van der Waals surface area contributed by atoms with Crippen molar-refractivity contribution in [2.75, 3.05) is 0 Å². The van der Waals surface area contributed by atoms with Crippen LogP contribution in [0.3, 0.4) is 0 Å². The third-order valence-corrected chi connectivity index (χ3v) is 16.6. The molecule has 17 rings (SSSR count). The van der Waals surface area contributed by atoms with Crippen LogP contribution in [-0.2, 0) is 0 Å². The van der Waals surface area contributed by atoms with Gasteiger partial charge >= 0.3 is 0 Å². The Balaban J connectivity index is 1.22. The second-order valence-corrected chi connectivity index (χ2v) is 20.4. The van der Waals surface area contributed by atoms with E-state index in [0.29, 0.717) is 34.0 Å². The van der Waals surface area contributed by atoms with Gasteiger partial charge in [-0.1, -0.05) is 182 Å². The van der Waals surface area contributed by atoms with Crippen molar-refractivity contribution in [3.8, 4) is 39.9 Å². The molecule has 5 aromatic heterocycles. The van der Waals surface area contributed by atoms with Crippen molar-refractivity contribution in [1.82, 2.24) is 18.3 Å². The average Bonchev–Trinajstić information content (AvgIpc) is 4.51. The topological polar surface area (TPSA) is 61.0 Å². The standard InChI is InChI=1S/C72H40N6O/c1-74-67-69(75-56-32-11-4-23-46(56)47-24-5-12-33-57(47)75)55(42-73)70(76-58-34-13-6-25-48(58)49-26-7-14-35-59(49)76)72(71(67)77-60-36-15-8-27-50(60)51-28-9-16-37-61(51)77)78-62-38-19-31-52(45-30-18-21-43-20-2-3-22-44(43)45)65(62)54-40-41-64-66(68(54)78)53-29-10-17-39-63(53)79-64/h2-41H. The smallest absolute Gasteiger partial charge is 0.237 e.